The van der Waals surface area contributed by atoms with E-state index in [1.807, 2.05) is 13.8 Å². The summed E-state index contributed by atoms with van der Waals surface area (Å²) in [5, 5.41) is 0. The van der Waals surface area contributed by atoms with Gasteiger partial charge in [0.1, 0.15) is 6.33 Å². The van der Waals surface area contributed by atoms with E-state index in [4.69, 9.17) is 0 Å². The highest BCUT2D eigenvalue weighted by Gasteiger charge is 2.17. The third-order valence-electron chi connectivity index (χ3n) is 1.81. The van der Waals surface area contributed by atoms with Crippen molar-refractivity contribution in [2.24, 2.45) is 0 Å². The molecule has 0 fully saturated rings. The molecule has 0 atom stereocenters. The Bertz CT molecular complexity index is 361. The van der Waals surface area contributed by atoms with Crippen LogP contribution in [0.5, 0.6) is 0 Å². The van der Waals surface area contributed by atoms with E-state index in [0.29, 0.717) is 11.3 Å². The lowest BCUT2D eigenvalue weighted by Crippen LogP contribution is -2.10. The van der Waals surface area contributed by atoms with Gasteiger partial charge in [0, 0.05) is 11.8 Å². The van der Waals surface area contributed by atoms with Gasteiger partial charge in [-0.2, -0.15) is 0 Å². The van der Waals surface area contributed by atoms with Crippen molar-refractivity contribution < 1.29 is 12.9 Å². The highest BCUT2D eigenvalue weighted by Crippen LogP contribution is 2.19. The van der Waals surface area contributed by atoms with Crippen LogP contribution in [-0.2, 0) is 0 Å². The Morgan fingerprint density at radius 1 is 1.33 bits per heavy atom. The molecule has 0 spiro atoms. The normalized spacial score (nSPS) is 12.7. The van der Waals surface area contributed by atoms with Crippen molar-refractivity contribution in [3.05, 3.63) is 29.8 Å². The summed E-state index contributed by atoms with van der Waals surface area (Å²) >= 11 is 0. The zero-order valence-electron chi connectivity index (χ0n) is 8.49. The summed E-state index contributed by atoms with van der Waals surface area (Å²) in [6.07, 6.45) is 3.75. The Hall–Kier alpha value is -1.33. The Morgan fingerprint density at radius 3 is 2.53 bits per heavy atom. The second-order valence-electron chi connectivity index (χ2n) is 3.50. The Balaban J connectivity index is 2.99. The van der Waals surface area contributed by atoms with Crippen LogP contribution in [0.3, 0.4) is 0 Å². The highest BCUT2D eigenvalue weighted by atomic mass is 19.4. The van der Waals surface area contributed by atoms with E-state index in [0.717, 1.165) is 6.08 Å². The molecule has 82 valence electrons. The third kappa shape index (κ3) is 3.73. The number of aromatic nitrogens is 2. The molecule has 2 nitrogen and oxygen atoms in total. The largest absolute Gasteiger partial charge is 0.502 e. The molecular weight excluding hydrogens is 204 g/mol. The van der Waals surface area contributed by atoms with Crippen LogP contribution in [0.15, 0.2) is 18.5 Å². The summed E-state index contributed by atoms with van der Waals surface area (Å²) in [5.74, 6) is 0.332. The molecule has 0 saturated carbocycles. The minimum atomic E-state index is -4.90. The predicted octanol–water partition coefficient (Wildman–Crippen LogP) is 3.00. The standard InChI is InChI=1S/C9H11BF3N2/c1-7(2)9-8(5-14-6-15-9)3-4-10(11,12)13/h3-7H,1-2H3/q-1/b4-3+. The summed E-state index contributed by atoms with van der Waals surface area (Å²) in [5.41, 5.74) is 1.05. The lowest BCUT2D eigenvalue weighted by Gasteiger charge is -2.09. The third-order valence-corrected chi connectivity index (χ3v) is 1.81. The van der Waals surface area contributed by atoms with Crippen LogP contribution < -0.4 is 0 Å². The summed E-state index contributed by atoms with van der Waals surface area (Å²) in [6, 6.07) is 0. The first kappa shape index (κ1) is 11.7. The molecule has 15 heavy (non-hydrogen) atoms. The zero-order chi connectivity index (χ0) is 11.5. The zero-order valence-corrected chi connectivity index (χ0v) is 8.49. The molecule has 6 heteroatoms. The molecule has 0 amide bonds. The molecule has 0 saturated heterocycles. The number of hydrogen-bond acceptors (Lipinski definition) is 2. The van der Waals surface area contributed by atoms with Gasteiger partial charge in [0.25, 0.3) is 0 Å². The van der Waals surface area contributed by atoms with Crippen LogP contribution in [0.4, 0.5) is 12.9 Å². The van der Waals surface area contributed by atoms with Crippen molar-refractivity contribution in [2.45, 2.75) is 19.8 Å². The van der Waals surface area contributed by atoms with E-state index in [2.05, 4.69) is 9.97 Å². The molecule has 0 aliphatic carbocycles. The van der Waals surface area contributed by atoms with Crippen LogP contribution in [0.1, 0.15) is 31.0 Å². The van der Waals surface area contributed by atoms with Gasteiger partial charge in [-0.1, -0.05) is 19.9 Å². The van der Waals surface area contributed by atoms with Gasteiger partial charge in [-0.15, -0.1) is 5.98 Å². The van der Waals surface area contributed by atoms with Gasteiger partial charge in [-0.3, -0.25) is 0 Å². The van der Waals surface area contributed by atoms with E-state index in [1.165, 1.54) is 12.5 Å². The van der Waals surface area contributed by atoms with Crippen molar-refractivity contribution >= 4 is 13.1 Å². The lowest BCUT2D eigenvalue weighted by atomic mass is 9.90. The molecule has 0 unspecified atom stereocenters. The molecule has 1 aromatic rings. The maximum Gasteiger partial charge on any atom is 0.502 e. The predicted molar refractivity (Wildman–Crippen MR) is 54.2 cm³/mol. The smallest absolute Gasteiger partial charge is 0.445 e. The molecule has 0 N–H and O–H groups in total. The fraction of sp³-hybridized carbons (Fsp3) is 0.333. The topological polar surface area (TPSA) is 25.8 Å². The van der Waals surface area contributed by atoms with Gasteiger partial charge in [0.05, 0.1) is 5.69 Å². The van der Waals surface area contributed by atoms with Crippen LogP contribution in [0, 0.1) is 0 Å². The van der Waals surface area contributed by atoms with E-state index in [1.54, 1.807) is 0 Å². The average molecular weight is 215 g/mol. The van der Waals surface area contributed by atoms with Gasteiger partial charge in [0.15, 0.2) is 0 Å². The van der Waals surface area contributed by atoms with E-state index >= 15 is 0 Å². The lowest BCUT2D eigenvalue weighted by molar-refractivity contribution is 0.499. The molecule has 0 aliphatic heterocycles. The number of nitrogens with zero attached hydrogens (tertiary/aromatic N) is 2. The Kier molecular flexibility index (Phi) is 3.50. The van der Waals surface area contributed by atoms with Gasteiger partial charge in [-0.05, 0) is 5.92 Å². The van der Waals surface area contributed by atoms with E-state index < -0.39 is 6.98 Å². The molecular formula is C9H11BF3N2-. The molecule has 0 aliphatic rings. The second-order valence-corrected chi connectivity index (χ2v) is 3.50. The van der Waals surface area contributed by atoms with E-state index in [9.17, 15) is 12.9 Å². The van der Waals surface area contributed by atoms with Crippen molar-refractivity contribution in [3.63, 3.8) is 0 Å². The summed E-state index contributed by atoms with van der Waals surface area (Å²) in [6.45, 7) is -1.15. The van der Waals surface area contributed by atoms with Gasteiger partial charge in [0.2, 0.25) is 0 Å². The summed E-state index contributed by atoms with van der Waals surface area (Å²) in [7, 11) is 0. The van der Waals surface area contributed by atoms with Crippen LogP contribution >= 0.6 is 0 Å². The van der Waals surface area contributed by atoms with Crippen molar-refractivity contribution in [1.29, 1.82) is 0 Å². The summed E-state index contributed by atoms with van der Waals surface area (Å²) in [4.78, 5) is 7.66. The molecule has 1 rings (SSSR count). The maximum atomic E-state index is 12.0. The van der Waals surface area contributed by atoms with Gasteiger partial charge in [-0.25, -0.2) is 9.97 Å². The van der Waals surface area contributed by atoms with Gasteiger partial charge >= 0.3 is 6.98 Å². The molecule has 0 bridgehead atoms. The first-order valence-electron chi connectivity index (χ1n) is 4.59. The molecule has 0 aromatic carbocycles. The van der Waals surface area contributed by atoms with E-state index in [-0.39, 0.29) is 11.9 Å². The van der Waals surface area contributed by atoms with Crippen molar-refractivity contribution in [2.75, 3.05) is 0 Å². The number of rotatable bonds is 3. The average Bonchev–Trinajstić information content (AvgIpc) is 2.14. The fourth-order valence-corrected chi connectivity index (χ4v) is 1.17. The SMILES string of the molecule is CC(C)c1ncncc1/C=C/[B-](F)(F)F. The molecule has 1 aromatic heterocycles. The molecule has 0 radical (unpaired) electrons. The Morgan fingerprint density at radius 2 is 2.00 bits per heavy atom. The first-order valence-corrected chi connectivity index (χ1v) is 4.59. The van der Waals surface area contributed by atoms with Crippen molar-refractivity contribution in [1.82, 2.24) is 9.97 Å². The van der Waals surface area contributed by atoms with Crippen molar-refractivity contribution in [3.8, 4) is 0 Å². The minimum Gasteiger partial charge on any atom is -0.445 e. The molecule has 1 heterocycles. The van der Waals surface area contributed by atoms with Crippen LogP contribution in [0.25, 0.3) is 6.08 Å². The fourth-order valence-electron chi connectivity index (χ4n) is 1.17. The monoisotopic (exact) mass is 215 g/mol. The van der Waals surface area contributed by atoms with Crippen LogP contribution in [0.2, 0.25) is 0 Å². The number of hydrogen-bond donors (Lipinski definition) is 0. The quantitative estimate of drug-likeness (QED) is 0.724. The van der Waals surface area contributed by atoms with Gasteiger partial charge < -0.3 is 12.9 Å². The Labute approximate surface area is 86.3 Å². The van der Waals surface area contributed by atoms with Crippen LogP contribution in [-0.4, -0.2) is 16.9 Å². The highest BCUT2D eigenvalue weighted by molar-refractivity contribution is 6.64. The summed E-state index contributed by atoms with van der Waals surface area (Å²) < 4.78 is 36.0. The first-order chi connectivity index (χ1) is 6.90. The number of halogens is 3. The second kappa shape index (κ2) is 4.46. The maximum absolute atomic E-state index is 12.0. The minimum absolute atomic E-state index is 0.0772.